The number of rotatable bonds is 6. The Labute approximate surface area is 138 Å². The molecule has 0 spiro atoms. The third-order valence-electron chi connectivity index (χ3n) is 3.14. The molecule has 0 saturated carbocycles. The summed E-state index contributed by atoms with van der Waals surface area (Å²) in [6.45, 7) is 3.24. The molecule has 1 aromatic heterocycles. The van der Waals surface area contributed by atoms with Gasteiger partial charge in [-0.15, -0.1) is 0 Å². The lowest BCUT2D eigenvalue weighted by atomic mass is 10.1. The molecule has 128 valence electrons. The summed E-state index contributed by atoms with van der Waals surface area (Å²) in [5, 5.41) is 12.3. The van der Waals surface area contributed by atoms with Crippen molar-refractivity contribution in [1.82, 2.24) is 10.3 Å². The van der Waals surface area contributed by atoms with Crippen LogP contribution in [0.1, 0.15) is 36.0 Å². The summed E-state index contributed by atoms with van der Waals surface area (Å²) >= 11 is 0. The highest BCUT2D eigenvalue weighted by atomic mass is 19.1. The normalized spacial score (nSPS) is 12.1. The molecular formula is C17H18F2N2O3. The van der Waals surface area contributed by atoms with Crippen LogP contribution >= 0.6 is 0 Å². The lowest BCUT2D eigenvalue weighted by Gasteiger charge is -2.15. The van der Waals surface area contributed by atoms with Crippen molar-refractivity contribution < 1.29 is 23.4 Å². The van der Waals surface area contributed by atoms with Crippen LogP contribution < -0.4 is 10.1 Å². The van der Waals surface area contributed by atoms with Crippen molar-refractivity contribution in [2.45, 2.75) is 26.1 Å². The van der Waals surface area contributed by atoms with E-state index in [-0.39, 0.29) is 24.1 Å². The summed E-state index contributed by atoms with van der Waals surface area (Å²) in [4.78, 5) is 16.2. The zero-order chi connectivity index (χ0) is 17.7. The quantitative estimate of drug-likeness (QED) is 0.851. The molecule has 1 amide bonds. The molecule has 0 unspecified atom stereocenters. The maximum absolute atomic E-state index is 13.6. The second-order valence-electron chi connectivity index (χ2n) is 5.38. The van der Waals surface area contributed by atoms with Crippen molar-refractivity contribution in [2.75, 3.05) is 6.54 Å². The first-order chi connectivity index (χ1) is 11.4. The fourth-order valence-electron chi connectivity index (χ4n) is 2.11. The first kappa shape index (κ1) is 17.8. The van der Waals surface area contributed by atoms with Gasteiger partial charge in [0.05, 0.1) is 11.7 Å². The number of aromatic nitrogens is 1. The maximum atomic E-state index is 13.6. The summed E-state index contributed by atoms with van der Waals surface area (Å²) < 4.78 is 32.7. The van der Waals surface area contributed by atoms with E-state index in [1.165, 1.54) is 12.3 Å². The van der Waals surface area contributed by atoms with Crippen LogP contribution in [-0.4, -0.2) is 28.6 Å². The molecule has 2 aromatic rings. The van der Waals surface area contributed by atoms with Gasteiger partial charge in [0, 0.05) is 12.7 Å². The van der Waals surface area contributed by atoms with Crippen LogP contribution in [0.2, 0.25) is 0 Å². The zero-order valence-electron chi connectivity index (χ0n) is 13.3. The number of hydrogen-bond acceptors (Lipinski definition) is 4. The van der Waals surface area contributed by atoms with E-state index in [0.29, 0.717) is 0 Å². The lowest BCUT2D eigenvalue weighted by molar-refractivity contribution is 0.0900. The number of hydrogen-bond donors (Lipinski definition) is 2. The van der Waals surface area contributed by atoms with Crippen LogP contribution in [0.5, 0.6) is 5.75 Å². The van der Waals surface area contributed by atoms with E-state index in [4.69, 9.17) is 4.74 Å². The van der Waals surface area contributed by atoms with Gasteiger partial charge in [-0.25, -0.2) is 13.8 Å². The van der Waals surface area contributed by atoms with Gasteiger partial charge in [0.2, 0.25) is 0 Å². The first-order valence-electron chi connectivity index (χ1n) is 7.42. The van der Waals surface area contributed by atoms with Crippen LogP contribution in [0.3, 0.4) is 0 Å². The summed E-state index contributed by atoms with van der Waals surface area (Å²) in [5.41, 5.74) is -0.454. The van der Waals surface area contributed by atoms with E-state index in [0.717, 1.165) is 12.1 Å². The minimum Gasteiger partial charge on any atom is -0.489 e. The molecule has 0 radical (unpaired) electrons. The third-order valence-corrected chi connectivity index (χ3v) is 3.14. The summed E-state index contributed by atoms with van der Waals surface area (Å²) in [6, 6.07) is 6.49. The van der Waals surface area contributed by atoms with Gasteiger partial charge in [-0.1, -0.05) is 6.07 Å². The number of aliphatic hydroxyl groups excluding tert-OH is 1. The topological polar surface area (TPSA) is 71.5 Å². The molecule has 7 heteroatoms. The Morgan fingerprint density at radius 2 is 1.92 bits per heavy atom. The first-order valence-corrected chi connectivity index (χ1v) is 7.42. The van der Waals surface area contributed by atoms with E-state index < -0.39 is 29.2 Å². The van der Waals surface area contributed by atoms with Gasteiger partial charge in [0.1, 0.15) is 17.7 Å². The van der Waals surface area contributed by atoms with Crippen molar-refractivity contribution in [3.05, 3.63) is 59.4 Å². The van der Waals surface area contributed by atoms with Crippen molar-refractivity contribution >= 4 is 5.91 Å². The Bertz CT molecular complexity index is 702. The number of pyridine rings is 1. The molecule has 1 heterocycles. The van der Waals surface area contributed by atoms with Gasteiger partial charge in [-0.05, 0) is 38.1 Å². The number of nitrogens with one attached hydrogen (secondary N) is 1. The molecule has 0 aliphatic carbocycles. The van der Waals surface area contributed by atoms with Gasteiger partial charge in [-0.3, -0.25) is 4.79 Å². The van der Waals surface area contributed by atoms with Gasteiger partial charge in [0.15, 0.2) is 11.4 Å². The highest BCUT2D eigenvalue weighted by Crippen LogP contribution is 2.21. The SMILES string of the molecule is CC(C)Oc1cccnc1C(=O)NC[C@H](O)c1c(F)cccc1F. The van der Waals surface area contributed by atoms with Crippen LogP contribution in [0.25, 0.3) is 0 Å². The number of aliphatic hydroxyl groups is 1. The second kappa shape index (κ2) is 7.83. The Morgan fingerprint density at radius 3 is 2.54 bits per heavy atom. The molecule has 2 N–H and O–H groups in total. The van der Waals surface area contributed by atoms with Gasteiger partial charge < -0.3 is 15.2 Å². The fraction of sp³-hybridized carbons (Fsp3) is 0.294. The molecule has 5 nitrogen and oxygen atoms in total. The molecule has 0 saturated heterocycles. The molecule has 0 fully saturated rings. The Hall–Kier alpha value is -2.54. The van der Waals surface area contributed by atoms with Crippen molar-refractivity contribution in [3.8, 4) is 5.75 Å². The molecule has 0 aliphatic rings. The summed E-state index contributed by atoms with van der Waals surface area (Å²) in [6.07, 6.45) is -0.248. The van der Waals surface area contributed by atoms with E-state index in [9.17, 15) is 18.7 Å². The number of nitrogens with zero attached hydrogens (tertiary/aromatic N) is 1. The van der Waals surface area contributed by atoms with E-state index in [1.54, 1.807) is 26.0 Å². The Kier molecular flexibility index (Phi) is 5.81. The zero-order valence-corrected chi connectivity index (χ0v) is 13.3. The smallest absolute Gasteiger partial charge is 0.273 e. The Morgan fingerprint density at radius 1 is 1.25 bits per heavy atom. The maximum Gasteiger partial charge on any atom is 0.273 e. The third kappa shape index (κ3) is 4.26. The standard InChI is InChI=1S/C17H18F2N2O3/c1-10(2)24-14-7-4-8-20-16(14)17(23)21-9-13(22)15-11(18)5-3-6-12(15)19/h3-8,10,13,22H,9H2,1-2H3,(H,21,23)/t13-/m0/s1. The van der Waals surface area contributed by atoms with Crippen LogP contribution in [0.4, 0.5) is 8.78 Å². The highest BCUT2D eigenvalue weighted by Gasteiger charge is 2.20. The van der Waals surface area contributed by atoms with E-state index in [1.807, 2.05) is 0 Å². The van der Waals surface area contributed by atoms with E-state index >= 15 is 0 Å². The second-order valence-corrected chi connectivity index (χ2v) is 5.38. The minimum absolute atomic E-state index is 0.0346. The number of carbonyl (C=O) groups excluding carboxylic acids is 1. The largest absolute Gasteiger partial charge is 0.489 e. The number of carbonyl (C=O) groups is 1. The van der Waals surface area contributed by atoms with Gasteiger partial charge >= 0.3 is 0 Å². The van der Waals surface area contributed by atoms with Gasteiger partial charge in [0.25, 0.3) is 5.91 Å². The van der Waals surface area contributed by atoms with Crippen LogP contribution in [0.15, 0.2) is 36.5 Å². The number of halogens is 2. The predicted molar refractivity (Wildman–Crippen MR) is 83.7 cm³/mol. The summed E-state index contributed by atoms with van der Waals surface area (Å²) in [7, 11) is 0. The average molecular weight is 336 g/mol. The molecule has 24 heavy (non-hydrogen) atoms. The fourth-order valence-corrected chi connectivity index (χ4v) is 2.11. The van der Waals surface area contributed by atoms with Gasteiger partial charge in [-0.2, -0.15) is 0 Å². The van der Waals surface area contributed by atoms with Crippen molar-refractivity contribution in [3.63, 3.8) is 0 Å². The number of benzene rings is 1. The van der Waals surface area contributed by atoms with Crippen molar-refractivity contribution in [2.24, 2.45) is 0 Å². The van der Waals surface area contributed by atoms with Crippen molar-refractivity contribution in [1.29, 1.82) is 0 Å². The highest BCUT2D eigenvalue weighted by molar-refractivity contribution is 5.94. The van der Waals surface area contributed by atoms with E-state index in [2.05, 4.69) is 10.3 Å². The molecule has 1 atom stereocenters. The molecule has 2 rings (SSSR count). The molecular weight excluding hydrogens is 318 g/mol. The average Bonchev–Trinajstić information content (AvgIpc) is 2.52. The number of amides is 1. The van der Waals surface area contributed by atoms with Crippen LogP contribution in [-0.2, 0) is 0 Å². The predicted octanol–water partition coefficient (Wildman–Crippen LogP) is 2.61. The molecule has 1 aromatic carbocycles. The van der Waals surface area contributed by atoms with Crippen LogP contribution in [0, 0.1) is 11.6 Å². The monoisotopic (exact) mass is 336 g/mol. The molecule has 0 aliphatic heterocycles. The lowest BCUT2D eigenvalue weighted by Crippen LogP contribution is -2.30. The Balaban J connectivity index is 2.08. The molecule has 0 bridgehead atoms. The minimum atomic E-state index is -1.52. The number of ether oxygens (including phenoxy) is 1. The summed E-state index contributed by atoms with van der Waals surface area (Å²) in [5.74, 6) is -2.07.